The molecule has 0 saturated carbocycles. The second-order valence-electron chi connectivity index (χ2n) is 5.82. The molecule has 0 aliphatic rings. The Labute approximate surface area is 189 Å². The number of ether oxygens (including phenoxy) is 1. The van der Waals surface area contributed by atoms with Gasteiger partial charge in [0.1, 0.15) is 5.75 Å². The number of rotatable bonds is 8. The molecule has 0 saturated heterocycles. The molecule has 0 unspecified atom stereocenters. The van der Waals surface area contributed by atoms with Gasteiger partial charge < -0.3 is 10.1 Å². The molecule has 0 radical (unpaired) electrons. The molecule has 2 amide bonds. The van der Waals surface area contributed by atoms with Crippen molar-refractivity contribution in [3.63, 3.8) is 0 Å². The summed E-state index contributed by atoms with van der Waals surface area (Å²) in [5, 5.41) is 24.5. The molecule has 0 spiro atoms. The van der Waals surface area contributed by atoms with Crippen molar-refractivity contribution in [3.8, 4) is 5.75 Å². The van der Waals surface area contributed by atoms with Gasteiger partial charge in [-0.25, -0.2) is 0 Å². The number of nitrogens with one attached hydrogen (secondary N) is 2. The summed E-state index contributed by atoms with van der Waals surface area (Å²) in [5.41, 5.74) is 0.375. The average molecular weight is 480 g/mol. The number of benzene rings is 2. The number of nitro benzene ring substituents is 1. The van der Waals surface area contributed by atoms with Crippen molar-refractivity contribution in [2.24, 2.45) is 0 Å². The number of nitro groups is 1. The van der Waals surface area contributed by atoms with Gasteiger partial charge in [-0.15, -0.1) is 10.2 Å². The third-order valence-electron chi connectivity index (χ3n) is 3.71. The van der Waals surface area contributed by atoms with E-state index in [0.717, 1.165) is 23.1 Å². The lowest BCUT2D eigenvalue weighted by Gasteiger charge is -2.09. The van der Waals surface area contributed by atoms with Gasteiger partial charge in [-0.2, -0.15) is 0 Å². The largest absolute Gasteiger partial charge is 0.495 e. The third kappa shape index (κ3) is 6.13. The van der Waals surface area contributed by atoms with Crippen molar-refractivity contribution in [3.05, 3.63) is 63.2 Å². The second-order valence-corrected chi connectivity index (χ2v) is 8.45. The third-order valence-corrected chi connectivity index (χ3v) is 5.92. The molecule has 31 heavy (non-hydrogen) atoms. The fraction of sp³-hybridized carbons (Fsp3) is 0.111. The molecule has 0 bridgehead atoms. The van der Waals surface area contributed by atoms with Gasteiger partial charge in [0.15, 0.2) is 4.34 Å². The van der Waals surface area contributed by atoms with Crippen LogP contribution in [0.5, 0.6) is 5.75 Å². The van der Waals surface area contributed by atoms with E-state index >= 15 is 0 Å². The molecule has 2 N–H and O–H groups in total. The quantitative estimate of drug-likeness (QED) is 0.213. The number of aromatic nitrogens is 2. The second kappa shape index (κ2) is 10.2. The molecular weight excluding hydrogens is 466 g/mol. The average Bonchev–Trinajstić information content (AvgIpc) is 3.20. The van der Waals surface area contributed by atoms with Crippen LogP contribution in [0.25, 0.3) is 0 Å². The highest BCUT2D eigenvalue weighted by Gasteiger charge is 2.15. The molecule has 10 nitrogen and oxygen atoms in total. The first-order chi connectivity index (χ1) is 14.9. The molecule has 1 aromatic heterocycles. The Hall–Kier alpha value is -3.22. The molecule has 1 heterocycles. The number of hydrogen-bond acceptors (Lipinski definition) is 9. The SMILES string of the molecule is COc1ccc(Cl)cc1NC(=O)CSc1nnc(NC(=O)c2cccc([N+](=O)[O-])c2)s1. The van der Waals surface area contributed by atoms with Crippen molar-refractivity contribution in [1.29, 1.82) is 0 Å². The zero-order valence-electron chi connectivity index (χ0n) is 15.8. The van der Waals surface area contributed by atoms with E-state index < -0.39 is 10.8 Å². The Balaban J connectivity index is 1.56. The Morgan fingerprint density at radius 2 is 2.03 bits per heavy atom. The molecule has 3 rings (SSSR count). The van der Waals surface area contributed by atoms with Crippen molar-refractivity contribution in [2.45, 2.75) is 4.34 Å². The van der Waals surface area contributed by atoms with Crippen LogP contribution < -0.4 is 15.4 Å². The lowest BCUT2D eigenvalue weighted by atomic mass is 10.2. The van der Waals surface area contributed by atoms with Crippen LogP contribution >= 0.6 is 34.7 Å². The molecule has 0 fully saturated rings. The van der Waals surface area contributed by atoms with E-state index in [2.05, 4.69) is 20.8 Å². The van der Waals surface area contributed by atoms with Gasteiger partial charge in [0.2, 0.25) is 11.0 Å². The van der Waals surface area contributed by atoms with Crippen molar-refractivity contribution in [1.82, 2.24) is 10.2 Å². The highest BCUT2D eigenvalue weighted by Crippen LogP contribution is 2.29. The highest BCUT2D eigenvalue weighted by atomic mass is 35.5. The van der Waals surface area contributed by atoms with Crippen LogP contribution in [0.3, 0.4) is 0 Å². The molecule has 160 valence electrons. The Morgan fingerprint density at radius 3 is 2.77 bits per heavy atom. The number of halogens is 1. The maximum Gasteiger partial charge on any atom is 0.270 e. The standard InChI is InChI=1S/C18H14ClN5O5S2/c1-29-14-6-5-11(19)8-13(14)20-15(25)9-30-18-23-22-17(31-18)21-16(26)10-3-2-4-12(7-10)24(27)28/h2-8H,9H2,1H3,(H,20,25)(H,21,22,26). The summed E-state index contributed by atoms with van der Waals surface area (Å²) in [7, 11) is 1.48. The van der Waals surface area contributed by atoms with E-state index in [1.165, 1.54) is 31.4 Å². The summed E-state index contributed by atoms with van der Waals surface area (Å²) in [6.07, 6.45) is 0. The van der Waals surface area contributed by atoms with Crippen LogP contribution in [0.4, 0.5) is 16.5 Å². The number of nitrogens with zero attached hydrogens (tertiary/aromatic N) is 3. The zero-order valence-corrected chi connectivity index (χ0v) is 18.2. The minimum Gasteiger partial charge on any atom is -0.495 e. The van der Waals surface area contributed by atoms with Crippen molar-refractivity contribution in [2.75, 3.05) is 23.5 Å². The van der Waals surface area contributed by atoms with Crippen molar-refractivity contribution >= 4 is 63.0 Å². The van der Waals surface area contributed by atoms with E-state index in [-0.39, 0.29) is 28.0 Å². The molecule has 13 heteroatoms. The van der Waals surface area contributed by atoms with Gasteiger partial charge in [-0.1, -0.05) is 40.8 Å². The molecule has 0 aliphatic heterocycles. The van der Waals surface area contributed by atoms with E-state index in [1.54, 1.807) is 18.2 Å². The molecule has 2 aromatic carbocycles. The number of carbonyl (C=O) groups is 2. The van der Waals surface area contributed by atoms with Crippen molar-refractivity contribution < 1.29 is 19.2 Å². The zero-order chi connectivity index (χ0) is 22.4. The van der Waals surface area contributed by atoms with Crippen LogP contribution in [-0.2, 0) is 4.79 Å². The van der Waals surface area contributed by atoms with Crippen LogP contribution in [0.2, 0.25) is 5.02 Å². The maximum atomic E-state index is 12.3. The predicted molar refractivity (Wildman–Crippen MR) is 118 cm³/mol. The minimum atomic E-state index is -0.583. The smallest absolute Gasteiger partial charge is 0.270 e. The van der Waals surface area contributed by atoms with E-state index in [4.69, 9.17) is 16.3 Å². The summed E-state index contributed by atoms with van der Waals surface area (Å²) in [6, 6.07) is 10.2. The number of anilines is 2. The summed E-state index contributed by atoms with van der Waals surface area (Å²) in [4.78, 5) is 34.7. The molecule has 3 aromatic rings. The Morgan fingerprint density at radius 1 is 1.23 bits per heavy atom. The van der Waals surface area contributed by atoms with Gasteiger partial charge in [0.25, 0.3) is 11.6 Å². The fourth-order valence-electron chi connectivity index (χ4n) is 2.34. The fourth-order valence-corrected chi connectivity index (χ4v) is 4.06. The first-order valence-corrected chi connectivity index (χ1v) is 10.7. The highest BCUT2D eigenvalue weighted by molar-refractivity contribution is 8.01. The predicted octanol–water partition coefficient (Wildman–Crippen LogP) is 4.09. The van der Waals surface area contributed by atoms with Gasteiger partial charge in [-0.3, -0.25) is 25.0 Å². The van der Waals surface area contributed by atoms with E-state index in [1.807, 2.05) is 0 Å². The minimum absolute atomic E-state index is 0.0448. The molecular formula is C18H14ClN5O5S2. The summed E-state index contributed by atoms with van der Waals surface area (Å²) in [6.45, 7) is 0. The van der Waals surface area contributed by atoms with Crippen LogP contribution in [0, 0.1) is 10.1 Å². The van der Waals surface area contributed by atoms with Gasteiger partial charge in [-0.05, 0) is 24.3 Å². The van der Waals surface area contributed by atoms with Crippen LogP contribution in [0.1, 0.15) is 10.4 Å². The van der Waals surface area contributed by atoms with E-state index in [0.29, 0.717) is 20.8 Å². The van der Waals surface area contributed by atoms with E-state index in [9.17, 15) is 19.7 Å². The topological polar surface area (TPSA) is 136 Å². The first kappa shape index (κ1) is 22.5. The number of carbonyl (C=O) groups excluding carboxylic acids is 2. The lowest BCUT2D eigenvalue weighted by molar-refractivity contribution is -0.384. The number of non-ortho nitro benzene ring substituents is 1. The monoisotopic (exact) mass is 479 g/mol. The van der Waals surface area contributed by atoms with Gasteiger partial charge in [0, 0.05) is 22.7 Å². The lowest BCUT2D eigenvalue weighted by Crippen LogP contribution is -2.14. The Kier molecular flexibility index (Phi) is 7.39. The van der Waals surface area contributed by atoms with Crippen LogP contribution in [-0.4, -0.2) is 39.8 Å². The molecule has 0 atom stereocenters. The summed E-state index contributed by atoms with van der Waals surface area (Å²) in [5.74, 6) is -0.335. The Bertz CT molecular complexity index is 1140. The molecule has 0 aliphatic carbocycles. The first-order valence-electron chi connectivity index (χ1n) is 8.51. The number of methoxy groups -OCH3 is 1. The van der Waals surface area contributed by atoms with Gasteiger partial charge >= 0.3 is 0 Å². The maximum absolute atomic E-state index is 12.3. The normalized spacial score (nSPS) is 10.4. The summed E-state index contributed by atoms with van der Waals surface area (Å²) < 4.78 is 5.64. The number of hydrogen-bond donors (Lipinski definition) is 2. The summed E-state index contributed by atoms with van der Waals surface area (Å²) >= 11 is 8.15. The van der Waals surface area contributed by atoms with Crippen LogP contribution in [0.15, 0.2) is 46.8 Å². The van der Waals surface area contributed by atoms with Gasteiger partial charge in [0.05, 0.1) is 23.5 Å². The number of thioether (sulfide) groups is 1. The number of amides is 2.